The SMILES string of the molecule is CCOc1cc([C@H](N)CCCO)ccc1O.Cl. The van der Waals surface area contributed by atoms with Gasteiger partial charge in [-0.05, 0) is 37.5 Å². The van der Waals surface area contributed by atoms with Gasteiger partial charge in [-0.2, -0.15) is 0 Å². The first-order chi connectivity index (χ1) is 7.69. The van der Waals surface area contributed by atoms with E-state index in [9.17, 15) is 5.11 Å². The van der Waals surface area contributed by atoms with Gasteiger partial charge in [-0.3, -0.25) is 0 Å². The van der Waals surface area contributed by atoms with Crippen LogP contribution in [0.2, 0.25) is 0 Å². The van der Waals surface area contributed by atoms with Crippen LogP contribution in [0.15, 0.2) is 18.2 Å². The fraction of sp³-hybridized carbons (Fsp3) is 0.500. The van der Waals surface area contributed by atoms with Crippen molar-refractivity contribution >= 4 is 12.4 Å². The molecular formula is C12H20ClNO3. The van der Waals surface area contributed by atoms with Gasteiger partial charge in [-0.15, -0.1) is 12.4 Å². The number of aliphatic hydroxyl groups excluding tert-OH is 1. The van der Waals surface area contributed by atoms with Crippen molar-refractivity contribution in [2.24, 2.45) is 5.73 Å². The van der Waals surface area contributed by atoms with Gasteiger partial charge in [0.15, 0.2) is 11.5 Å². The number of rotatable bonds is 6. The maximum atomic E-state index is 9.52. The predicted molar refractivity (Wildman–Crippen MR) is 69.8 cm³/mol. The van der Waals surface area contributed by atoms with Crippen LogP contribution >= 0.6 is 12.4 Å². The average Bonchev–Trinajstić information content (AvgIpc) is 2.29. The summed E-state index contributed by atoms with van der Waals surface area (Å²) in [5.74, 6) is 0.583. The number of benzene rings is 1. The highest BCUT2D eigenvalue weighted by molar-refractivity contribution is 5.85. The molecule has 0 aromatic heterocycles. The first-order valence-corrected chi connectivity index (χ1v) is 5.51. The third-order valence-corrected chi connectivity index (χ3v) is 2.39. The number of hydrogen-bond donors (Lipinski definition) is 3. The summed E-state index contributed by atoms with van der Waals surface area (Å²) in [6, 6.07) is 4.98. The Hall–Kier alpha value is -0.970. The van der Waals surface area contributed by atoms with E-state index in [0.717, 1.165) is 5.56 Å². The molecule has 1 aromatic rings. The Morgan fingerprint density at radius 3 is 2.71 bits per heavy atom. The fourth-order valence-corrected chi connectivity index (χ4v) is 1.51. The van der Waals surface area contributed by atoms with E-state index in [1.807, 2.05) is 6.92 Å². The van der Waals surface area contributed by atoms with Crippen LogP contribution in [0.3, 0.4) is 0 Å². The molecule has 1 aromatic carbocycles. The summed E-state index contributed by atoms with van der Waals surface area (Å²) in [5.41, 5.74) is 6.86. The monoisotopic (exact) mass is 261 g/mol. The molecule has 98 valence electrons. The molecule has 0 aliphatic carbocycles. The molecule has 5 heteroatoms. The normalized spacial score (nSPS) is 11.7. The van der Waals surface area contributed by atoms with Crippen molar-refractivity contribution in [3.05, 3.63) is 23.8 Å². The first-order valence-electron chi connectivity index (χ1n) is 5.51. The topological polar surface area (TPSA) is 75.7 Å². The third kappa shape index (κ3) is 4.81. The van der Waals surface area contributed by atoms with Crippen molar-refractivity contribution in [1.82, 2.24) is 0 Å². The van der Waals surface area contributed by atoms with Gasteiger partial charge in [0.1, 0.15) is 0 Å². The van der Waals surface area contributed by atoms with Gasteiger partial charge in [0.2, 0.25) is 0 Å². The first kappa shape index (κ1) is 16.0. The highest BCUT2D eigenvalue weighted by Crippen LogP contribution is 2.29. The number of aromatic hydroxyl groups is 1. The number of ether oxygens (including phenoxy) is 1. The van der Waals surface area contributed by atoms with Crippen LogP contribution in [0, 0.1) is 0 Å². The molecule has 1 rings (SSSR count). The number of halogens is 1. The summed E-state index contributed by atoms with van der Waals surface area (Å²) < 4.78 is 5.28. The van der Waals surface area contributed by atoms with E-state index < -0.39 is 0 Å². The van der Waals surface area contributed by atoms with E-state index in [0.29, 0.717) is 25.2 Å². The second-order valence-electron chi connectivity index (χ2n) is 3.63. The molecule has 0 saturated carbocycles. The highest BCUT2D eigenvalue weighted by Gasteiger charge is 2.09. The summed E-state index contributed by atoms with van der Waals surface area (Å²) in [6.45, 7) is 2.50. The molecule has 4 nitrogen and oxygen atoms in total. The van der Waals surface area contributed by atoms with Crippen LogP contribution in [0.25, 0.3) is 0 Å². The van der Waals surface area contributed by atoms with E-state index in [1.54, 1.807) is 18.2 Å². The molecule has 0 bridgehead atoms. The molecule has 0 heterocycles. The minimum absolute atomic E-state index is 0. The molecule has 0 saturated heterocycles. The van der Waals surface area contributed by atoms with E-state index in [4.69, 9.17) is 15.6 Å². The number of phenols is 1. The summed E-state index contributed by atoms with van der Waals surface area (Å²) in [6.07, 6.45) is 1.39. The summed E-state index contributed by atoms with van der Waals surface area (Å²) in [7, 11) is 0. The van der Waals surface area contributed by atoms with Gasteiger partial charge in [-0.25, -0.2) is 0 Å². The molecule has 0 amide bonds. The van der Waals surface area contributed by atoms with Gasteiger partial charge in [-0.1, -0.05) is 6.07 Å². The minimum Gasteiger partial charge on any atom is -0.504 e. The maximum absolute atomic E-state index is 9.52. The van der Waals surface area contributed by atoms with Crippen molar-refractivity contribution in [2.75, 3.05) is 13.2 Å². The van der Waals surface area contributed by atoms with Crippen molar-refractivity contribution in [3.8, 4) is 11.5 Å². The Morgan fingerprint density at radius 2 is 2.12 bits per heavy atom. The Balaban J connectivity index is 0.00000256. The molecule has 4 N–H and O–H groups in total. The van der Waals surface area contributed by atoms with Crippen LogP contribution in [0.1, 0.15) is 31.4 Å². The maximum Gasteiger partial charge on any atom is 0.161 e. The van der Waals surface area contributed by atoms with E-state index >= 15 is 0 Å². The number of phenolic OH excluding ortho intramolecular Hbond substituents is 1. The van der Waals surface area contributed by atoms with Gasteiger partial charge in [0.25, 0.3) is 0 Å². The Morgan fingerprint density at radius 1 is 1.41 bits per heavy atom. The zero-order chi connectivity index (χ0) is 12.0. The van der Waals surface area contributed by atoms with Crippen molar-refractivity contribution in [1.29, 1.82) is 0 Å². The molecule has 0 fully saturated rings. The molecule has 0 aliphatic heterocycles. The third-order valence-electron chi connectivity index (χ3n) is 2.39. The van der Waals surface area contributed by atoms with Gasteiger partial charge in [0.05, 0.1) is 6.61 Å². The Kier molecular flexibility index (Phi) is 7.70. The zero-order valence-electron chi connectivity index (χ0n) is 9.93. The van der Waals surface area contributed by atoms with Crippen LogP contribution < -0.4 is 10.5 Å². The van der Waals surface area contributed by atoms with E-state index in [-0.39, 0.29) is 30.8 Å². The molecular weight excluding hydrogens is 242 g/mol. The van der Waals surface area contributed by atoms with Crippen molar-refractivity contribution < 1.29 is 14.9 Å². The van der Waals surface area contributed by atoms with Crippen LogP contribution in [-0.2, 0) is 0 Å². The molecule has 1 atom stereocenters. The second-order valence-corrected chi connectivity index (χ2v) is 3.63. The van der Waals surface area contributed by atoms with E-state index in [1.165, 1.54) is 0 Å². The molecule has 0 unspecified atom stereocenters. The lowest BCUT2D eigenvalue weighted by Crippen LogP contribution is -2.11. The minimum atomic E-state index is -0.132. The molecule has 0 spiro atoms. The smallest absolute Gasteiger partial charge is 0.161 e. The number of nitrogens with two attached hydrogens (primary N) is 1. The van der Waals surface area contributed by atoms with Gasteiger partial charge < -0.3 is 20.7 Å². The number of hydrogen-bond acceptors (Lipinski definition) is 4. The fourth-order valence-electron chi connectivity index (χ4n) is 1.51. The van der Waals surface area contributed by atoms with E-state index in [2.05, 4.69) is 0 Å². The summed E-state index contributed by atoms with van der Waals surface area (Å²) in [5, 5.41) is 18.2. The molecule has 0 radical (unpaired) electrons. The lowest BCUT2D eigenvalue weighted by molar-refractivity contribution is 0.279. The summed E-state index contributed by atoms with van der Waals surface area (Å²) in [4.78, 5) is 0. The highest BCUT2D eigenvalue weighted by atomic mass is 35.5. The van der Waals surface area contributed by atoms with Gasteiger partial charge >= 0.3 is 0 Å². The van der Waals surface area contributed by atoms with Crippen LogP contribution in [0.4, 0.5) is 0 Å². The predicted octanol–water partition coefficient (Wildman–Crippen LogP) is 1.99. The molecule has 0 aliphatic rings. The Bertz CT molecular complexity index is 334. The second kappa shape index (κ2) is 8.17. The number of aliphatic hydroxyl groups is 1. The molecule has 17 heavy (non-hydrogen) atoms. The average molecular weight is 262 g/mol. The largest absolute Gasteiger partial charge is 0.504 e. The summed E-state index contributed by atoms with van der Waals surface area (Å²) >= 11 is 0. The van der Waals surface area contributed by atoms with Crippen molar-refractivity contribution in [3.63, 3.8) is 0 Å². The lowest BCUT2D eigenvalue weighted by Gasteiger charge is -2.13. The quantitative estimate of drug-likeness (QED) is 0.732. The van der Waals surface area contributed by atoms with Gasteiger partial charge in [0, 0.05) is 12.6 Å². The van der Waals surface area contributed by atoms with Crippen LogP contribution in [-0.4, -0.2) is 23.4 Å². The standard InChI is InChI=1S/C12H19NO3.ClH/c1-2-16-12-8-9(5-6-11(12)15)10(13)4-3-7-14;/h5-6,8,10,14-15H,2-4,7,13H2,1H3;1H/t10-;/m1./s1. The zero-order valence-corrected chi connectivity index (χ0v) is 10.7. The lowest BCUT2D eigenvalue weighted by atomic mass is 10.0. The van der Waals surface area contributed by atoms with Crippen molar-refractivity contribution in [2.45, 2.75) is 25.8 Å². The van der Waals surface area contributed by atoms with Crippen LogP contribution in [0.5, 0.6) is 11.5 Å². The Labute approximate surface area is 108 Å².